The average Bonchev–Trinajstić information content (AvgIpc) is 3.05. The summed E-state index contributed by atoms with van der Waals surface area (Å²) in [6.07, 6.45) is 3.95. The largest absolute Gasteiger partial charge is 0.490 e. The van der Waals surface area contributed by atoms with E-state index in [1.807, 2.05) is 45.9 Å². The van der Waals surface area contributed by atoms with Crippen molar-refractivity contribution in [2.45, 2.75) is 34.1 Å². The summed E-state index contributed by atoms with van der Waals surface area (Å²) < 4.78 is 11.6. The number of benzene rings is 2. The van der Waals surface area contributed by atoms with Crippen molar-refractivity contribution in [3.63, 3.8) is 0 Å². The Morgan fingerprint density at radius 3 is 2.51 bits per heavy atom. The van der Waals surface area contributed by atoms with E-state index >= 15 is 0 Å². The average molecular weight is 495 g/mol. The Morgan fingerprint density at radius 1 is 1.11 bits per heavy atom. The molecule has 3 amide bonds. The molecule has 0 unspecified atom stereocenters. The maximum absolute atomic E-state index is 13.0. The summed E-state index contributed by atoms with van der Waals surface area (Å²) in [5, 5.41) is 2.29. The first kappa shape index (κ1) is 26.1. The molecule has 3 rings (SSSR count). The van der Waals surface area contributed by atoms with Crippen molar-refractivity contribution < 1.29 is 23.9 Å². The van der Waals surface area contributed by atoms with Gasteiger partial charge in [-0.3, -0.25) is 19.3 Å². The Hall–Kier alpha value is -3.52. The third-order valence-electron chi connectivity index (χ3n) is 5.24. The van der Waals surface area contributed by atoms with Crippen molar-refractivity contribution in [3.8, 4) is 11.5 Å². The minimum Gasteiger partial charge on any atom is -0.490 e. The SMILES string of the molecule is C=CCc1cc(/C=C2/SC(=O)N(CC(=O)Nc3ccc(C)cc3C)C2=O)cc(OCC)c1OCC. The molecule has 0 spiro atoms. The number of carbonyl (C=O) groups is 3. The lowest BCUT2D eigenvalue weighted by atomic mass is 10.0. The first-order valence-electron chi connectivity index (χ1n) is 11.4. The second kappa shape index (κ2) is 11.8. The van der Waals surface area contributed by atoms with Crippen LogP contribution >= 0.6 is 11.8 Å². The van der Waals surface area contributed by atoms with Crippen molar-refractivity contribution in [1.29, 1.82) is 0 Å². The summed E-state index contributed by atoms with van der Waals surface area (Å²) >= 11 is 0.809. The molecule has 0 bridgehead atoms. The molecule has 2 aromatic carbocycles. The molecule has 0 radical (unpaired) electrons. The maximum atomic E-state index is 13.0. The van der Waals surface area contributed by atoms with E-state index < -0.39 is 17.1 Å². The predicted octanol–water partition coefficient (Wildman–Crippen LogP) is 5.50. The predicted molar refractivity (Wildman–Crippen MR) is 140 cm³/mol. The molecule has 7 nitrogen and oxygen atoms in total. The molecule has 0 aliphatic carbocycles. The summed E-state index contributed by atoms with van der Waals surface area (Å²) in [5.41, 5.74) is 4.19. The van der Waals surface area contributed by atoms with Crippen LogP contribution in [0.3, 0.4) is 0 Å². The number of imide groups is 1. The number of allylic oxidation sites excluding steroid dienone is 1. The minimum absolute atomic E-state index is 0.241. The van der Waals surface area contributed by atoms with E-state index in [2.05, 4.69) is 11.9 Å². The topological polar surface area (TPSA) is 84.9 Å². The van der Waals surface area contributed by atoms with Gasteiger partial charge in [0.2, 0.25) is 5.91 Å². The molecular formula is C27H30N2O5S. The lowest BCUT2D eigenvalue weighted by Crippen LogP contribution is -2.36. The van der Waals surface area contributed by atoms with Gasteiger partial charge in [-0.1, -0.05) is 23.8 Å². The molecule has 0 atom stereocenters. The number of rotatable bonds is 10. The fraction of sp³-hybridized carbons (Fsp3) is 0.296. The van der Waals surface area contributed by atoms with E-state index in [4.69, 9.17) is 9.47 Å². The monoisotopic (exact) mass is 494 g/mol. The molecule has 1 aliphatic heterocycles. The van der Waals surface area contributed by atoms with Gasteiger partial charge in [-0.05, 0) is 81.3 Å². The second-order valence-corrected chi connectivity index (χ2v) is 8.99. The van der Waals surface area contributed by atoms with Crippen LogP contribution in [-0.4, -0.2) is 41.7 Å². The number of hydrogen-bond donors (Lipinski definition) is 1. The van der Waals surface area contributed by atoms with Gasteiger partial charge in [0.1, 0.15) is 6.54 Å². The van der Waals surface area contributed by atoms with Crippen molar-refractivity contribution in [1.82, 2.24) is 4.90 Å². The van der Waals surface area contributed by atoms with Crippen LogP contribution in [0.1, 0.15) is 36.1 Å². The van der Waals surface area contributed by atoms with Crippen molar-refractivity contribution >= 4 is 40.6 Å². The number of amides is 3. The number of nitrogens with zero attached hydrogens (tertiary/aromatic N) is 1. The molecule has 184 valence electrons. The molecule has 1 N–H and O–H groups in total. The highest BCUT2D eigenvalue weighted by atomic mass is 32.2. The van der Waals surface area contributed by atoms with Gasteiger partial charge in [-0.15, -0.1) is 6.58 Å². The highest BCUT2D eigenvalue weighted by molar-refractivity contribution is 8.18. The number of thioether (sulfide) groups is 1. The molecule has 8 heteroatoms. The van der Waals surface area contributed by atoms with Crippen LogP contribution in [0.4, 0.5) is 10.5 Å². The molecule has 1 heterocycles. The van der Waals surface area contributed by atoms with Gasteiger partial charge in [0.15, 0.2) is 11.5 Å². The first-order chi connectivity index (χ1) is 16.8. The number of hydrogen-bond acceptors (Lipinski definition) is 6. The lowest BCUT2D eigenvalue weighted by molar-refractivity contribution is -0.127. The van der Waals surface area contributed by atoms with Gasteiger partial charge in [-0.25, -0.2) is 0 Å². The maximum Gasteiger partial charge on any atom is 0.294 e. The summed E-state index contributed by atoms with van der Waals surface area (Å²) in [6, 6.07) is 9.31. The number of nitrogens with one attached hydrogen (secondary N) is 1. The Labute approximate surface area is 210 Å². The summed E-state index contributed by atoms with van der Waals surface area (Å²) in [4.78, 5) is 39.3. The van der Waals surface area contributed by atoms with Gasteiger partial charge in [-0.2, -0.15) is 0 Å². The van der Waals surface area contributed by atoms with E-state index in [0.29, 0.717) is 42.4 Å². The molecule has 1 fully saturated rings. The normalized spacial score (nSPS) is 14.4. The van der Waals surface area contributed by atoms with Crippen LogP contribution in [0.25, 0.3) is 6.08 Å². The standard InChI is InChI=1S/C27H30N2O5S/c1-6-9-20-13-19(14-22(33-7-2)25(20)34-8-3)15-23-26(31)29(27(32)35-23)16-24(30)28-21-11-10-17(4)12-18(21)5/h6,10-15H,1,7-9,16H2,2-5H3,(H,28,30)/b23-15+. The van der Waals surface area contributed by atoms with Crippen LogP contribution < -0.4 is 14.8 Å². The van der Waals surface area contributed by atoms with Crippen molar-refractivity contribution in [3.05, 3.63) is 70.1 Å². The zero-order chi connectivity index (χ0) is 25.5. The molecule has 2 aromatic rings. The van der Waals surface area contributed by atoms with E-state index in [0.717, 1.165) is 33.4 Å². The second-order valence-electron chi connectivity index (χ2n) is 8.00. The highest BCUT2D eigenvalue weighted by Crippen LogP contribution is 2.37. The summed E-state index contributed by atoms with van der Waals surface area (Å²) in [7, 11) is 0. The minimum atomic E-state index is -0.507. The zero-order valence-electron chi connectivity index (χ0n) is 20.5. The number of aryl methyl sites for hydroxylation is 2. The van der Waals surface area contributed by atoms with E-state index in [1.54, 1.807) is 24.3 Å². The molecule has 0 saturated carbocycles. The Morgan fingerprint density at radius 2 is 1.86 bits per heavy atom. The molecule has 0 aromatic heterocycles. The van der Waals surface area contributed by atoms with Gasteiger partial charge < -0.3 is 14.8 Å². The molecular weight excluding hydrogens is 464 g/mol. The number of anilines is 1. The molecule has 1 saturated heterocycles. The Kier molecular flexibility index (Phi) is 8.76. The van der Waals surface area contributed by atoms with Crippen LogP contribution in [0.5, 0.6) is 11.5 Å². The third kappa shape index (κ3) is 6.33. The van der Waals surface area contributed by atoms with Crippen LogP contribution in [0.2, 0.25) is 0 Å². The number of ether oxygens (including phenoxy) is 2. The zero-order valence-corrected chi connectivity index (χ0v) is 21.3. The van der Waals surface area contributed by atoms with Gasteiger partial charge in [0.25, 0.3) is 11.1 Å². The Balaban J connectivity index is 1.82. The first-order valence-corrected chi connectivity index (χ1v) is 12.2. The van der Waals surface area contributed by atoms with Crippen LogP contribution in [0, 0.1) is 13.8 Å². The van der Waals surface area contributed by atoms with Gasteiger partial charge in [0.05, 0.1) is 18.1 Å². The van der Waals surface area contributed by atoms with Crippen LogP contribution in [-0.2, 0) is 16.0 Å². The van der Waals surface area contributed by atoms with Gasteiger partial charge in [0, 0.05) is 11.3 Å². The third-order valence-corrected chi connectivity index (χ3v) is 6.14. The van der Waals surface area contributed by atoms with Gasteiger partial charge >= 0.3 is 0 Å². The van der Waals surface area contributed by atoms with Crippen molar-refractivity contribution in [2.24, 2.45) is 0 Å². The number of carbonyl (C=O) groups excluding carboxylic acids is 3. The van der Waals surface area contributed by atoms with E-state index in [1.165, 1.54) is 0 Å². The van der Waals surface area contributed by atoms with E-state index in [-0.39, 0.29) is 11.4 Å². The smallest absolute Gasteiger partial charge is 0.294 e. The van der Waals surface area contributed by atoms with Crippen LogP contribution in [0.15, 0.2) is 47.9 Å². The summed E-state index contributed by atoms with van der Waals surface area (Å²) in [5.74, 6) is 0.260. The van der Waals surface area contributed by atoms with E-state index in [9.17, 15) is 14.4 Å². The fourth-order valence-electron chi connectivity index (χ4n) is 3.72. The lowest BCUT2D eigenvalue weighted by Gasteiger charge is -2.16. The quantitative estimate of drug-likeness (QED) is 0.347. The summed E-state index contributed by atoms with van der Waals surface area (Å²) in [6.45, 7) is 12.0. The molecule has 1 aliphatic rings. The van der Waals surface area contributed by atoms with Crippen molar-refractivity contribution in [2.75, 3.05) is 25.1 Å². The molecule has 35 heavy (non-hydrogen) atoms. The Bertz CT molecular complexity index is 1190. The fourth-order valence-corrected chi connectivity index (χ4v) is 4.56. The highest BCUT2D eigenvalue weighted by Gasteiger charge is 2.36.